The molecule has 4 unspecified atom stereocenters. The SMILES string of the molecule is COc1ccc([N+](=O)[O-])c(NC(C)C2CC3CCC2C3)c1. The molecule has 0 aromatic heterocycles. The van der Waals surface area contributed by atoms with Crippen LogP contribution in [0.15, 0.2) is 18.2 Å². The molecule has 0 saturated heterocycles. The Morgan fingerprint density at radius 1 is 1.38 bits per heavy atom. The van der Waals surface area contributed by atoms with Crippen LogP contribution in [-0.4, -0.2) is 18.1 Å². The van der Waals surface area contributed by atoms with E-state index in [9.17, 15) is 10.1 Å². The standard InChI is InChI=1S/C16H22N2O3/c1-10(14-8-11-3-4-12(14)7-11)17-15-9-13(21-2)5-6-16(15)18(19)20/h5-6,9-12,14,17H,3-4,7-8H2,1-2H3. The van der Waals surface area contributed by atoms with E-state index < -0.39 is 0 Å². The van der Waals surface area contributed by atoms with Crippen LogP contribution in [0.4, 0.5) is 11.4 Å². The third-order valence-electron chi connectivity index (χ3n) is 5.22. The Morgan fingerprint density at radius 3 is 2.76 bits per heavy atom. The minimum Gasteiger partial charge on any atom is -0.497 e. The number of methoxy groups -OCH3 is 1. The lowest BCUT2D eigenvalue weighted by atomic mass is 9.84. The van der Waals surface area contributed by atoms with Crippen LogP contribution in [0.3, 0.4) is 0 Å². The first-order valence-electron chi connectivity index (χ1n) is 7.67. The van der Waals surface area contributed by atoms with Crippen molar-refractivity contribution in [1.82, 2.24) is 0 Å². The van der Waals surface area contributed by atoms with Gasteiger partial charge in [0.15, 0.2) is 0 Å². The molecule has 0 heterocycles. The number of nitrogens with one attached hydrogen (secondary N) is 1. The Hall–Kier alpha value is -1.78. The zero-order valence-electron chi connectivity index (χ0n) is 12.5. The van der Waals surface area contributed by atoms with Crippen LogP contribution < -0.4 is 10.1 Å². The molecule has 21 heavy (non-hydrogen) atoms. The van der Waals surface area contributed by atoms with E-state index in [1.807, 2.05) is 0 Å². The summed E-state index contributed by atoms with van der Waals surface area (Å²) in [7, 11) is 1.57. The summed E-state index contributed by atoms with van der Waals surface area (Å²) in [4.78, 5) is 10.8. The van der Waals surface area contributed by atoms with E-state index in [2.05, 4.69) is 12.2 Å². The third kappa shape index (κ3) is 2.69. The first kappa shape index (κ1) is 14.2. The lowest BCUT2D eigenvalue weighted by molar-refractivity contribution is -0.384. The monoisotopic (exact) mass is 290 g/mol. The fourth-order valence-electron chi connectivity index (χ4n) is 4.18. The van der Waals surface area contributed by atoms with Gasteiger partial charge in [0.1, 0.15) is 11.4 Å². The van der Waals surface area contributed by atoms with Crippen LogP contribution in [0.1, 0.15) is 32.6 Å². The number of hydrogen-bond donors (Lipinski definition) is 1. The molecule has 0 amide bonds. The van der Waals surface area contributed by atoms with Crippen LogP contribution in [0, 0.1) is 27.9 Å². The Labute approximate surface area is 124 Å². The number of ether oxygens (including phenoxy) is 1. The summed E-state index contributed by atoms with van der Waals surface area (Å²) >= 11 is 0. The third-order valence-corrected chi connectivity index (χ3v) is 5.22. The lowest BCUT2D eigenvalue weighted by Crippen LogP contribution is -2.30. The molecule has 5 nitrogen and oxygen atoms in total. The molecule has 2 saturated carbocycles. The highest BCUT2D eigenvalue weighted by Crippen LogP contribution is 2.50. The van der Waals surface area contributed by atoms with Crippen molar-refractivity contribution in [1.29, 1.82) is 0 Å². The smallest absolute Gasteiger partial charge is 0.292 e. The molecule has 1 N–H and O–H groups in total. The van der Waals surface area contributed by atoms with Crippen molar-refractivity contribution in [2.24, 2.45) is 17.8 Å². The molecule has 2 aliphatic carbocycles. The van der Waals surface area contributed by atoms with E-state index >= 15 is 0 Å². The number of anilines is 1. The minimum absolute atomic E-state index is 0.116. The van der Waals surface area contributed by atoms with Crippen LogP contribution in [0.25, 0.3) is 0 Å². The molecule has 114 valence electrons. The number of nitro groups is 1. The van der Waals surface area contributed by atoms with E-state index in [0.717, 1.165) is 11.8 Å². The van der Waals surface area contributed by atoms with Crippen molar-refractivity contribution in [3.05, 3.63) is 28.3 Å². The Balaban J connectivity index is 1.78. The number of rotatable bonds is 5. The largest absolute Gasteiger partial charge is 0.497 e. The summed E-state index contributed by atoms with van der Waals surface area (Å²) in [5, 5.41) is 14.5. The summed E-state index contributed by atoms with van der Waals surface area (Å²) in [5.74, 6) is 2.95. The summed E-state index contributed by atoms with van der Waals surface area (Å²) in [6, 6.07) is 5.12. The molecule has 2 aliphatic rings. The number of fused-ring (bicyclic) bond motifs is 2. The molecule has 0 radical (unpaired) electrons. The maximum absolute atomic E-state index is 11.2. The van der Waals surface area contributed by atoms with Crippen LogP contribution in [0.5, 0.6) is 5.75 Å². The summed E-state index contributed by atoms with van der Waals surface area (Å²) in [6.45, 7) is 2.15. The van der Waals surface area contributed by atoms with Crippen molar-refractivity contribution in [2.45, 2.75) is 38.6 Å². The normalized spacial score (nSPS) is 28.4. The highest BCUT2D eigenvalue weighted by atomic mass is 16.6. The average molecular weight is 290 g/mol. The van der Waals surface area contributed by atoms with Gasteiger partial charge in [-0.05, 0) is 50.0 Å². The van der Waals surface area contributed by atoms with Gasteiger partial charge in [-0.25, -0.2) is 0 Å². The molecule has 4 atom stereocenters. The quantitative estimate of drug-likeness (QED) is 0.661. The van der Waals surface area contributed by atoms with Crippen molar-refractivity contribution >= 4 is 11.4 Å². The van der Waals surface area contributed by atoms with Gasteiger partial charge < -0.3 is 10.1 Å². The van der Waals surface area contributed by atoms with E-state index in [0.29, 0.717) is 17.4 Å². The maximum Gasteiger partial charge on any atom is 0.292 e. The second-order valence-electron chi connectivity index (χ2n) is 6.41. The van der Waals surface area contributed by atoms with Crippen LogP contribution in [-0.2, 0) is 0 Å². The molecule has 2 bridgehead atoms. The van der Waals surface area contributed by atoms with E-state index in [1.165, 1.54) is 31.7 Å². The zero-order chi connectivity index (χ0) is 15.0. The number of benzene rings is 1. The van der Waals surface area contributed by atoms with Gasteiger partial charge in [0, 0.05) is 18.2 Å². The van der Waals surface area contributed by atoms with Gasteiger partial charge in [0.2, 0.25) is 0 Å². The minimum atomic E-state index is -0.338. The molecular weight excluding hydrogens is 268 g/mol. The number of hydrogen-bond acceptors (Lipinski definition) is 4. The topological polar surface area (TPSA) is 64.4 Å². The zero-order valence-corrected chi connectivity index (χ0v) is 12.5. The van der Waals surface area contributed by atoms with E-state index in [1.54, 1.807) is 19.2 Å². The van der Waals surface area contributed by atoms with Gasteiger partial charge in [0.05, 0.1) is 12.0 Å². The maximum atomic E-state index is 11.2. The van der Waals surface area contributed by atoms with Crippen molar-refractivity contribution < 1.29 is 9.66 Å². The second kappa shape index (κ2) is 5.54. The molecule has 1 aromatic rings. The Morgan fingerprint density at radius 2 is 2.19 bits per heavy atom. The molecule has 3 rings (SSSR count). The molecular formula is C16H22N2O3. The average Bonchev–Trinajstić information content (AvgIpc) is 3.09. The number of nitro benzene ring substituents is 1. The van der Waals surface area contributed by atoms with Gasteiger partial charge in [-0.3, -0.25) is 10.1 Å². The van der Waals surface area contributed by atoms with Crippen molar-refractivity contribution in [2.75, 3.05) is 12.4 Å². The molecule has 0 spiro atoms. The predicted octanol–water partition coefficient (Wildman–Crippen LogP) is 3.84. The number of nitrogens with zero attached hydrogens (tertiary/aromatic N) is 1. The van der Waals surface area contributed by atoms with Gasteiger partial charge in [-0.1, -0.05) is 6.42 Å². The Kier molecular flexibility index (Phi) is 3.74. The van der Waals surface area contributed by atoms with Gasteiger partial charge >= 0.3 is 0 Å². The lowest BCUT2D eigenvalue weighted by Gasteiger charge is -2.29. The predicted molar refractivity (Wildman–Crippen MR) is 81.7 cm³/mol. The van der Waals surface area contributed by atoms with Crippen LogP contribution in [0.2, 0.25) is 0 Å². The Bertz CT molecular complexity index is 546. The molecule has 0 aliphatic heterocycles. The van der Waals surface area contributed by atoms with Crippen molar-refractivity contribution in [3.63, 3.8) is 0 Å². The fraction of sp³-hybridized carbons (Fsp3) is 0.625. The van der Waals surface area contributed by atoms with E-state index in [-0.39, 0.29) is 16.7 Å². The molecule has 2 fully saturated rings. The molecule has 1 aromatic carbocycles. The fourth-order valence-corrected chi connectivity index (χ4v) is 4.18. The second-order valence-corrected chi connectivity index (χ2v) is 6.41. The summed E-state index contributed by atoms with van der Waals surface area (Å²) in [6.07, 6.45) is 5.29. The van der Waals surface area contributed by atoms with Gasteiger partial charge in [-0.2, -0.15) is 0 Å². The summed E-state index contributed by atoms with van der Waals surface area (Å²) < 4.78 is 5.18. The van der Waals surface area contributed by atoms with Crippen molar-refractivity contribution in [3.8, 4) is 5.75 Å². The first-order chi connectivity index (χ1) is 10.1. The highest BCUT2D eigenvalue weighted by molar-refractivity contribution is 5.64. The first-order valence-corrected chi connectivity index (χ1v) is 7.67. The van der Waals surface area contributed by atoms with Crippen LogP contribution >= 0.6 is 0 Å². The molecule has 5 heteroatoms. The van der Waals surface area contributed by atoms with E-state index in [4.69, 9.17) is 4.74 Å². The summed E-state index contributed by atoms with van der Waals surface area (Å²) in [5.41, 5.74) is 0.681. The highest BCUT2D eigenvalue weighted by Gasteiger charge is 2.42. The van der Waals surface area contributed by atoms with Gasteiger partial charge in [-0.15, -0.1) is 0 Å². The van der Waals surface area contributed by atoms with Gasteiger partial charge in [0.25, 0.3) is 5.69 Å².